The Kier molecular flexibility index (Phi) is 6.96. The fraction of sp³-hybridized carbons (Fsp3) is 0.273. The van der Waals surface area contributed by atoms with Gasteiger partial charge in [-0.2, -0.15) is 13.2 Å². The van der Waals surface area contributed by atoms with Crippen LogP contribution in [0, 0.1) is 6.92 Å². The minimum Gasteiger partial charge on any atom is -0.491 e. The number of amides is 1. The van der Waals surface area contributed by atoms with Crippen molar-refractivity contribution in [2.24, 2.45) is 0 Å². The van der Waals surface area contributed by atoms with Gasteiger partial charge in [-0.15, -0.1) is 0 Å². The smallest absolute Gasteiger partial charge is 0.416 e. The fourth-order valence-electron chi connectivity index (χ4n) is 3.00. The third-order valence-electron chi connectivity index (χ3n) is 4.69. The van der Waals surface area contributed by atoms with Gasteiger partial charge in [0.05, 0.1) is 24.6 Å². The molecule has 0 radical (unpaired) electrons. The second kappa shape index (κ2) is 9.65. The lowest BCUT2D eigenvalue weighted by Crippen LogP contribution is -2.39. The number of aliphatic hydroxyl groups excluding tert-OH is 1. The summed E-state index contributed by atoms with van der Waals surface area (Å²) in [6.45, 7) is 1.97. The molecule has 9 heteroatoms. The summed E-state index contributed by atoms with van der Waals surface area (Å²) < 4.78 is 43.4. The molecule has 0 aliphatic rings. The van der Waals surface area contributed by atoms with Gasteiger partial charge in [0.25, 0.3) is 5.91 Å². The predicted octanol–water partition coefficient (Wildman–Crippen LogP) is 3.82. The lowest BCUT2D eigenvalue weighted by atomic mass is 10.1. The summed E-state index contributed by atoms with van der Waals surface area (Å²) in [5.41, 5.74) is 1.42. The molecule has 0 saturated carbocycles. The van der Waals surface area contributed by atoms with E-state index in [9.17, 15) is 23.1 Å². The molecule has 0 bridgehead atoms. The van der Waals surface area contributed by atoms with Crippen LogP contribution in [0.3, 0.4) is 0 Å². The van der Waals surface area contributed by atoms with Crippen LogP contribution in [-0.2, 0) is 12.7 Å². The van der Waals surface area contributed by atoms with Crippen molar-refractivity contribution in [3.05, 3.63) is 83.4 Å². The molecule has 1 unspecified atom stereocenters. The number of alkyl halides is 3. The Morgan fingerprint density at radius 2 is 1.90 bits per heavy atom. The summed E-state index contributed by atoms with van der Waals surface area (Å²) in [5.74, 6) is -0.147. The second-order valence-electron chi connectivity index (χ2n) is 7.06. The number of hydrogen-bond donors (Lipinski definition) is 2. The Bertz CT molecular complexity index is 989. The Hall–Kier alpha value is -3.33. The number of benzene rings is 2. The van der Waals surface area contributed by atoms with Crippen LogP contribution in [0.2, 0.25) is 0 Å². The van der Waals surface area contributed by atoms with Gasteiger partial charge >= 0.3 is 6.18 Å². The van der Waals surface area contributed by atoms with Gasteiger partial charge in [-0.3, -0.25) is 4.79 Å². The van der Waals surface area contributed by atoms with E-state index in [1.165, 1.54) is 29.6 Å². The molecule has 3 aromatic rings. The molecular weight excluding hydrogens is 411 g/mol. The fourth-order valence-corrected chi connectivity index (χ4v) is 3.00. The van der Waals surface area contributed by atoms with Gasteiger partial charge in [-0.05, 0) is 42.3 Å². The Balaban J connectivity index is 1.65. The summed E-state index contributed by atoms with van der Waals surface area (Å²) in [4.78, 5) is 20.9. The van der Waals surface area contributed by atoms with Crippen molar-refractivity contribution in [3.8, 4) is 5.75 Å². The first kappa shape index (κ1) is 22.4. The number of ether oxygens (including phenoxy) is 1. The van der Waals surface area contributed by atoms with Crippen molar-refractivity contribution in [3.63, 3.8) is 0 Å². The van der Waals surface area contributed by atoms with E-state index in [4.69, 9.17) is 4.74 Å². The molecule has 1 atom stereocenters. The van der Waals surface area contributed by atoms with Gasteiger partial charge in [0, 0.05) is 6.54 Å². The van der Waals surface area contributed by atoms with Gasteiger partial charge in [0.2, 0.25) is 0 Å². The molecule has 1 aromatic heterocycles. The number of aryl methyl sites for hydroxylation is 1. The first-order valence-electron chi connectivity index (χ1n) is 9.54. The van der Waals surface area contributed by atoms with Gasteiger partial charge in [-0.1, -0.05) is 24.3 Å². The maximum Gasteiger partial charge on any atom is 0.416 e. The molecule has 0 spiro atoms. The van der Waals surface area contributed by atoms with E-state index in [2.05, 4.69) is 9.97 Å². The summed E-state index contributed by atoms with van der Waals surface area (Å²) in [6.07, 6.45) is -2.69. The van der Waals surface area contributed by atoms with E-state index in [-0.39, 0.29) is 37.0 Å². The van der Waals surface area contributed by atoms with Gasteiger partial charge in [-0.25, -0.2) is 4.98 Å². The predicted molar refractivity (Wildman–Crippen MR) is 107 cm³/mol. The molecular formula is C22H22F3N3O3. The number of imidazole rings is 1. The van der Waals surface area contributed by atoms with Gasteiger partial charge < -0.3 is 19.7 Å². The van der Waals surface area contributed by atoms with Crippen LogP contribution >= 0.6 is 0 Å². The molecule has 3 rings (SSSR count). The van der Waals surface area contributed by atoms with Crippen molar-refractivity contribution < 1.29 is 27.8 Å². The number of carbonyl (C=O) groups is 1. The lowest BCUT2D eigenvalue weighted by molar-refractivity contribution is -0.137. The maximum absolute atomic E-state index is 12.9. The molecule has 1 amide bonds. The third-order valence-corrected chi connectivity index (χ3v) is 4.69. The standard InChI is InChI=1S/C22H22F3N3O3/c1-15-4-2-3-5-16(15)11-28(21(30)20-10-26-14-27-20)12-18(29)13-31-19-8-6-17(7-9-19)22(23,24)25/h2-10,14,18,29H,11-13H2,1H3,(H,26,27). The maximum atomic E-state index is 12.9. The Morgan fingerprint density at radius 1 is 1.19 bits per heavy atom. The summed E-state index contributed by atoms with van der Waals surface area (Å²) in [6, 6.07) is 11.8. The minimum atomic E-state index is -4.43. The van der Waals surface area contributed by atoms with Gasteiger partial charge in [0.15, 0.2) is 0 Å². The van der Waals surface area contributed by atoms with Crippen LogP contribution in [0.5, 0.6) is 5.75 Å². The summed E-state index contributed by atoms with van der Waals surface area (Å²) >= 11 is 0. The van der Waals surface area contributed by atoms with Crippen LogP contribution < -0.4 is 4.74 Å². The van der Waals surface area contributed by atoms with Crippen LogP contribution in [0.25, 0.3) is 0 Å². The number of H-pyrrole nitrogens is 1. The number of aromatic nitrogens is 2. The number of rotatable bonds is 8. The number of aromatic amines is 1. The van der Waals surface area contributed by atoms with Crippen LogP contribution in [0.4, 0.5) is 13.2 Å². The van der Waals surface area contributed by atoms with Crippen molar-refractivity contribution in [1.82, 2.24) is 14.9 Å². The van der Waals surface area contributed by atoms with Crippen LogP contribution in [0.15, 0.2) is 61.1 Å². The molecule has 164 valence electrons. The van der Waals surface area contributed by atoms with E-state index in [0.717, 1.165) is 23.3 Å². The zero-order valence-corrected chi connectivity index (χ0v) is 16.8. The first-order chi connectivity index (χ1) is 14.7. The SMILES string of the molecule is Cc1ccccc1CN(CC(O)COc1ccc(C(F)(F)F)cc1)C(=O)c1cnc[nH]1. The van der Waals surface area contributed by atoms with Crippen molar-refractivity contribution in [1.29, 1.82) is 0 Å². The zero-order valence-electron chi connectivity index (χ0n) is 16.8. The van der Waals surface area contributed by atoms with E-state index in [0.29, 0.717) is 0 Å². The zero-order chi connectivity index (χ0) is 22.4. The highest BCUT2D eigenvalue weighted by Crippen LogP contribution is 2.30. The lowest BCUT2D eigenvalue weighted by Gasteiger charge is -2.26. The minimum absolute atomic E-state index is 0.0349. The largest absolute Gasteiger partial charge is 0.491 e. The Labute approximate surface area is 177 Å². The number of halogens is 3. The highest BCUT2D eigenvalue weighted by molar-refractivity contribution is 5.92. The molecule has 1 heterocycles. The normalized spacial score (nSPS) is 12.4. The number of hydrogen-bond acceptors (Lipinski definition) is 4. The topological polar surface area (TPSA) is 78.5 Å². The highest BCUT2D eigenvalue weighted by atomic mass is 19.4. The number of carbonyl (C=O) groups excluding carboxylic acids is 1. The molecule has 31 heavy (non-hydrogen) atoms. The van der Waals surface area contributed by atoms with Crippen molar-refractivity contribution in [2.75, 3.05) is 13.2 Å². The quantitative estimate of drug-likeness (QED) is 0.566. The molecule has 2 aromatic carbocycles. The summed E-state index contributed by atoms with van der Waals surface area (Å²) in [7, 11) is 0. The Morgan fingerprint density at radius 3 is 2.52 bits per heavy atom. The van der Waals surface area contributed by atoms with E-state index in [1.54, 1.807) is 0 Å². The number of nitrogens with zero attached hydrogens (tertiary/aromatic N) is 2. The van der Waals surface area contributed by atoms with E-state index < -0.39 is 17.8 Å². The second-order valence-corrected chi connectivity index (χ2v) is 7.06. The third kappa shape index (κ3) is 6.08. The monoisotopic (exact) mass is 433 g/mol. The molecule has 0 saturated heterocycles. The molecule has 2 N–H and O–H groups in total. The van der Waals surface area contributed by atoms with Crippen molar-refractivity contribution >= 4 is 5.91 Å². The van der Waals surface area contributed by atoms with Crippen LogP contribution in [-0.4, -0.2) is 45.1 Å². The number of aliphatic hydroxyl groups is 1. The van der Waals surface area contributed by atoms with Gasteiger partial charge in [0.1, 0.15) is 24.2 Å². The average Bonchev–Trinajstić information content (AvgIpc) is 3.27. The van der Waals surface area contributed by atoms with Crippen LogP contribution in [0.1, 0.15) is 27.2 Å². The average molecular weight is 433 g/mol. The molecule has 0 aliphatic heterocycles. The molecule has 0 aliphatic carbocycles. The number of nitrogens with one attached hydrogen (secondary N) is 1. The first-order valence-corrected chi connectivity index (χ1v) is 9.54. The van der Waals surface area contributed by atoms with E-state index in [1.807, 2.05) is 31.2 Å². The van der Waals surface area contributed by atoms with Crippen molar-refractivity contribution in [2.45, 2.75) is 25.7 Å². The van der Waals surface area contributed by atoms with E-state index >= 15 is 0 Å². The highest BCUT2D eigenvalue weighted by Gasteiger charge is 2.30. The molecule has 6 nitrogen and oxygen atoms in total. The molecule has 0 fully saturated rings. The summed E-state index contributed by atoms with van der Waals surface area (Å²) in [5, 5.41) is 10.4.